The van der Waals surface area contributed by atoms with Gasteiger partial charge in [0.15, 0.2) is 0 Å². The molecule has 0 aliphatic heterocycles. The van der Waals surface area contributed by atoms with Crippen LogP contribution in [0.2, 0.25) is 0 Å². The van der Waals surface area contributed by atoms with Crippen LogP contribution in [0, 0.1) is 18.6 Å². The molecule has 0 saturated heterocycles. The lowest BCUT2D eigenvalue weighted by Gasteiger charge is -2.11. The van der Waals surface area contributed by atoms with E-state index in [1.165, 1.54) is 0 Å². The van der Waals surface area contributed by atoms with Gasteiger partial charge in [-0.15, -0.1) is 0 Å². The van der Waals surface area contributed by atoms with Crippen molar-refractivity contribution in [3.05, 3.63) is 70.0 Å². The molecular formula is C18H15F2N3O2. The van der Waals surface area contributed by atoms with Gasteiger partial charge >= 0.3 is 0 Å². The minimum atomic E-state index is -0.657. The zero-order chi connectivity index (χ0) is 18.0. The fourth-order valence-corrected chi connectivity index (χ4v) is 2.34. The normalized spacial score (nSPS) is 10.6. The molecule has 3 rings (SSSR count). The summed E-state index contributed by atoms with van der Waals surface area (Å²) in [7, 11) is 1.56. The van der Waals surface area contributed by atoms with Gasteiger partial charge in [0.25, 0.3) is 5.56 Å². The summed E-state index contributed by atoms with van der Waals surface area (Å²) in [5.74, 6) is -0.568. The van der Waals surface area contributed by atoms with Gasteiger partial charge < -0.3 is 10.1 Å². The Morgan fingerprint density at radius 3 is 2.52 bits per heavy atom. The Bertz CT molecular complexity index is 969. The summed E-state index contributed by atoms with van der Waals surface area (Å²) in [6.45, 7) is 1.64. The second-order valence-corrected chi connectivity index (χ2v) is 5.37. The predicted molar refractivity (Wildman–Crippen MR) is 91.2 cm³/mol. The Labute approximate surface area is 142 Å². The lowest BCUT2D eigenvalue weighted by molar-refractivity contribution is 0.415. The number of halogens is 2. The van der Waals surface area contributed by atoms with Crippen molar-refractivity contribution < 1.29 is 13.5 Å². The van der Waals surface area contributed by atoms with E-state index in [-0.39, 0.29) is 17.2 Å². The summed E-state index contributed by atoms with van der Waals surface area (Å²) in [6.07, 6.45) is 0. The van der Waals surface area contributed by atoms with Crippen LogP contribution in [0.3, 0.4) is 0 Å². The van der Waals surface area contributed by atoms with Crippen LogP contribution in [0.1, 0.15) is 5.56 Å². The molecule has 0 amide bonds. The number of ether oxygens (including phenoxy) is 1. The number of aromatic nitrogens is 2. The second kappa shape index (κ2) is 6.72. The van der Waals surface area contributed by atoms with E-state index >= 15 is 0 Å². The molecule has 0 spiro atoms. The molecule has 0 bridgehead atoms. The van der Waals surface area contributed by atoms with Crippen LogP contribution in [0.4, 0.5) is 20.4 Å². The first-order chi connectivity index (χ1) is 12.0. The highest BCUT2D eigenvalue weighted by atomic mass is 19.1. The van der Waals surface area contributed by atoms with E-state index in [0.29, 0.717) is 22.6 Å². The van der Waals surface area contributed by atoms with Gasteiger partial charge in [-0.3, -0.25) is 9.78 Å². The number of H-pyrrole nitrogens is 1. The average molecular weight is 343 g/mol. The van der Waals surface area contributed by atoms with Crippen molar-refractivity contribution in [1.29, 1.82) is 0 Å². The number of nitrogens with one attached hydrogen (secondary N) is 2. The van der Waals surface area contributed by atoms with Crippen molar-refractivity contribution in [1.82, 2.24) is 9.97 Å². The number of benzene rings is 2. The van der Waals surface area contributed by atoms with E-state index in [0.717, 1.165) is 18.2 Å². The maximum Gasteiger partial charge on any atom is 0.255 e. The summed E-state index contributed by atoms with van der Waals surface area (Å²) in [4.78, 5) is 19.0. The first-order valence-electron chi connectivity index (χ1n) is 7.45. The fourth-order valence-electron chi connectivity index (χ4n) is 2.34. The van der Waals surface area contributed by atoms with E-state index in [4.69, 9.17) is 4.74 Å². The number of hydrogen-bond acceptors (Lipinski definition) is 4. The molecule has 0 saturated carbocycles. The molecule has 0 aliphatic carbocycles. The third-order valence-electron chi connectivity index (χ3n) is 3.70. The molecule has 0 atom stereocenters. The Hall–Kier alpha value is -3.22. The number of nitrogens with zero attached hydrogens (tertiary/aromatic N) is 1. The van der Waals surface area contributed by atoms with Gasteiger partial charge in [0.05, 0.1) is 18.5 Å². The average Bonchev–Trinajstić information content (AvgIpc) is 2.61. The van der Waals surface area contributed by atoms with Gasteiger partial charge in [0, 0.05) is 17.2 Å². The van der Waals surface area contributed by atoms with Crippen molar-refractivity contribution in [2.75, 3.05) is 12.4 Å². The molecule has 0 radical (unpaired) electrons. The first-order valence-corrected chi connectivity index (χ1v) is 7.45. The molecule has 0 fully saturated rings. The van der Waals surface area contributed by atoms with Gasteiger partial charge in [0.1, 0.15) is 17.4 Å². The van der Waals surface area contributed by atoms with Crippen molar-refractivity contribution >= 4 is 11.6 Å². The number of methoxy groups -OCH3 is 1. The van der Waals surface area contributed by atoms with Gasteiger partial charge in [-0.25, -0.2) is 13.8 Å². The lowest BCUT2D eigenvalue weighted by atomic mass is 10.1. The van der Waals surface area contributed by atoms with Gasteiger partial charge in [0.2, 0.25) is 5.95 Å². The summed E-state index contributed by atoms with van der Waals surface area (Å²) < 4.78 is 32.2. The Morgan fingerprint density at radius 2 is 1.84 bits per heavy atom. The molecule has 7 heteroatoms. The maximum absolute atomic E-state index is 13.8. The lowest BCUT2D eigenvalue weighted by Crippen LogP contribution is -2.15. The van der Waals surface area contributed by atoms with Crippen LogP contribution in [0.15, 0.2) is 47.3 Å². The SMILES string of the molecule is COc1ccc(-c2nc(Nc3cc(F)ccc3F)[nH]c(=O)c2C)cc1. The first kappa shape index (κ1) is 16.6. The monoisotopic (exact) mass is 343 g/mol. The fraction of sp³-hybridized carbons (Fsp3) is 0.111. The van der Waals surface area contributed by atoms with E-state index in [1.54, 1.807) is 38.3 Å². The Balaban J connectivity index is 2.03. The number of hydrogen-bond donors (Lipinski definition) is 2. The Kier molecular flexibility index (Phi) is 4.47. The van der Waals surface area contributed by atoms with Crippen LogP contribution in [-0.4, -0.2) is 17.1 Å². The highest BCUT2D eigenvalue weighted by molar-refractivity contribution is 5.65. The zero-order valence-corrected chi connectivity index (χ0v) is 13.6. The van der Waals surface area contributed by atoms with E-state index in [9.17, 15) is 13.6 Å². The quantitative estimate of drug-likeness (QED) is 0.757. The molecular weight excluding hydrogens is 328 g/mol. The number of rotatable bonds is 4. The van der Waals surface area contributed by atoms with Crippen LogP contribution < -0.4 is 15.6 Å². The summed E-state index contributed by atoms with van der Waals surface area (Å²) in [5, 5.41) is 2.61. The molecule has 0 aliphatic rings. The van der Waals surface area contributed by atoms with Crippen LogP contribution in [0.5, 0.6) is 5.75 Å². The molecule has 1 aromatic heterocycles. The summed E-state index contributed by atoms with van der Waals surface area (Å²) >= 11 is 0. The van der Waals surface area contributed by atoms with E-state index < -0.39 is 11.6 Å². The van der Waals surface area contributed by atoms with E-state index in [2.05, 4.69) is 15.3 Å². The van der Waals surface area contributed by atoms with Crippen molar-refractivity contribution in [3.63, 3.8) is 0 Å². The minimum Gasteiger partial charge on any atom is -0.497 e. The molecule has 0 unspecified atom stereocenters. The zero-order valence-electron chi connectivity index (χ0n) is 13.6. The highest BCUT2D eigenvalue weighted by Gasteiger charge is 2.12. The smallest absolute Gasteiger partial charge is 0.255 e. The largest absolute Gasteiger partial charge is 0.497 e. The van der Waals surface area contributed by atoms with Gasteiger partial charge in [-0.05, 0) is 43.3 Å². The Morgan fingerprint density at radius 1 is 1.12 bits per heavy atom. The second-order valence-electron chi connectivity index (χ2n) is 5.37. The molecule has 1 heterocycles. The van der Waals surface area contributed by atoms with Crippen molar-refractivity contribution in [3.8, 4) is 17.0 Å². The highest BCUT2D eigenvalue weighted by Crippen LogP contribution is 2.24. The molecule has 25 heavy (non-hydrogen) atoms. The number of aromatic amines is 1. The maximum atomic E-state index is 13.8. The molecule has 128 valence electrons. The van der Waals surface area contributed by atoms with Crippen molar-refractivity contribution in [2.45, 2.75) is 6.92 Å². The van der Waals surface area contributed by atoms with Crippen LogP contribution >= 0.6 is 0 Å². The molecule has 3 aromatic rings. The van der Waals surface area contributed by atoms with Gasteiger partial charge in [-0.1, -0.05) is 0 Å². The van der Waals surface area contributed by atoms with Crippen LogP contribution in [0.25, 0.3) is 11.3 Å². The van der Waals surface area contributed by atoms with Gasteiger partial charge in [-0.2, -0.15) is 0 Å². The third-order valence-corrected chi connectivity index (χ3v) is 3.70. The third kappa shape index (κ3) is 3.50. The summed E-state index contributed by atoms with van der Waals surface area (Å²) in [6, 6.07) is 10.0. The molecule has 2 N–H and O–H groups in total. The number of anilines is 2. The summed E-state index contributed by atoms with van der Waals surface area (Å²) in [5.41, 5.74) is 1.06. The van der Waals surface area contributed by atoms with Crippen LogP contribution in [-0.2, 0) is 0 Å². The predicted octanol–water partition coefficient (Wildman–Crippen LogP) is 3.78. The molecule has 5 nitrogen and oxygen atoms in total. The standard InChI is InChI=1S/C18H15F2N3O2/c1-10-16(11-3-6-13(25-2)7-4-11)22-18(23-17(10)24)21-15-9-12(19)5-8-14(15)20/h3-9H,1-2H3,(H2,21,22,23,24). The topological polar surface area (TPSA) is 67.0 Å². The van der Waals surface area contributed by atoms with Crippen molar-refractivity contribution in [2.24, 2.45) is 0 Å². The van der Waals surface area contributed by atoms with E-state index in [1.807, 2.05) is 0 Å². The molecule has 2 aromatic carbocycles. The minimum absolute atomic E-state index is 0.0194.